The van der Waals surface area contributed by atoms with E-state index in [1.54, 1.807) is 24.3 Å². The zero-order chi connectivity index (χ0) is 35.0. The molecule has 48 heavy (non-hydrogen) atoms. The number of nitrogens with one attached hydrogen (secondary N) is 2. The molecule has 2 aromatic rings. The van der Waals surface area contributed by atoms with Crippen LogP contribution in [-0.2, 0) is 0 Å². The lowest BCUT2D eigenvalue weighted by Gasteiger charge is -2.19. The number of rotatable bonds is 26. The molecule has 2 aromatic carbocycles. The van der Waals surface area contributed by atoms with Gasteiger partial charge in [0.2, 0.25) is 11.5 Å². The van der Waals surface area contributed by atoms with Gasteiger partial charge in [0, 0.05) is 11.1 Å². The molecule has 10 heteroatoms. The van der Waals surface area contributed by atoms with E-state index < -0.39 is 11.8 Å². The first-order chi connectivity index (χ1) is 23.4. The molecule has 2 N–H and O–H groups in total. The number of amides is 2. The number of carbonyl (C=O) groups is 2. The number of unbranched alkanes of at least 4 members (excludes halogenated alkanes) is 6. The lowest BCUT2D eigenvalue weighted by molar-refractivity contribution is 0.0845. The van der Waals surface area contributed by atoms with Gasteiger partial charge in [-0.25, -0.2) is 0 Å². The Bertz CT molecular complexity index is 1060. The van der Waals surface area contributed by atoms with E-state index >= 15 is 0 Å². The Balaban J connectivity index is 2.37. The zero-order valence-corrected chi connectivity index (χ0v) is 30.3. The summed E-state index contributed by atoms with van der Waals surface area (Å²) in [5, 5.41) is 0. The zero-order valence-electron chi connectivity index (χ0n) is 30.3. The van der Waals surface area contributed by atoms with Crippen molar-refractivity contribution in [3.8, 4) is 34.5 Å². The second-order valence-corrected chi connectivity index (χ2v) is 11.7. The highest BCUT2D eigenvalue weighted by Gasteiger charge is 2.22. The van der Waals surface area contributed by atoms with E-state index in [1.807, 2.05) is 0 Å². The van der Waals surface area contributed by atoms with Crippen LogP contribution in [0.2, 0.25) is 0 Å². The molecule has 270 valence electrons. The number of ether oxygens (including phenoxy) is 6. The summed E-state index contributed by atoms with van der Waals surface area (Å²) in [5.74, 6) is 1.67. The Morgan fingerprint density at radius 2 is 0.646 bits per heavy atom. The fourth-order valence-electron chi connectivity index (χ4n) is 4.33. The highest BCUT2D eigenvalue weighted by molar-refractivity contribution is 6.00. The molecular formula is C38H60N2O8. The van der Waals surface area contributed by atoms with E-state index in [-0.39, 0.29) is 11.1 Å². The standard InChI is InChI=1S/C38H60N2O8/c1-7-13-19-43-31-25-29(26-32(44-20-14-8-2)35(31)47-23-17-11-5)37(41)39-40-38(42)30-27-33(45-21-15-9-3)36(48-24-18-12-6)34(28-30)46-22-16-10-4/h25-28H,7-24H2,1-6H3,(H,39,41)(H,40,42). The number of benzene rings is 2. The van der Waals surface area contributed by atoms with Crippen molar-refractivity contribution in [3.05, 3.63) is 35.4 Å². The highest BCUT2D eigenvalue weighted by atomic mass is 16.5. The first-order valence-electron chi connectivity index (χ1n) is 18.2. The minimum absolute atomic E-state index is 0.267. The molecule has 0 atom stereocenters. The van der Waals surface area contributed by atoms with Crippen molar-refractivity contribution in [1.82, 2.24) is 10.9 Å². The maximum absolute atomic E-state index is 13.5. The van der Waals surface area contributed by atoms with Gasteiger partial charge in [0.05, 0.1) is 39.6 Å². The van der Waals surface area contributed by atoms with Crippen LogP contribution in [0.25, 0.3) is 0 Å². The maximum Gasteiger partial charge on any atom is 0.269 e. The van der Waals surface area contributed by atoms with E-state index in [9.17, 15) is 9.59 Å². The molecule has 2 amide bonds. The fourth-order valence-corrected chi connectivity index (χ4v) is 4.33. The highest BCUT2D eigenvalue weighted by Crippen LogP contribution is 2.41. The van der Waals surface area contributed by atoms with Gasteiger partial charge in [-0.3, -0.25) is 20.4 Å². The monoisotopic (exact) mass is 672 g/mol. The molecule has 0 saturated carbocycles. The Hall–Kier alpha value is -3.82. The SMILES string of the molecule is CCCCOc1cc(C(=O)NNC(=O)c2cc(OCCCC)c(OCCCC)c(OCCCC)c2)cc(OCCCC)c1OCCCC. The predicted molar refractivity (Wildman–Crippen MR) is 190 cm³/mol. The van der Waals surface area contributed by atoms with Gasteiger partial charge in [0.1, 0.15) is 0 Å². The van der Waals surface area contributed by atoms with Crippen molar-refractivity contribution < 1.29 is 38.0 Å². The first-order valence-corrected chi connectivity index (χ1v) is 18.2. The molecule has 0 fully saturated rings. The van der Waals surface area contributed by atoms with E-state index in [0.717, 1.165) is 77.0 Å². The number of hydrogen-bond acceptors (Lipinski definition) is 8. The van der Waals surface area contributed by atoms with Gasteiger partial charge in [-0.1, -0.05) is 80.1 Å². The largest absolute Gasteiger partial charge is 0.490 e. The van der Waals surface area contributed by atoms with Gasteiger partial charge in [0.25, 0.3) is 11.8 Å². The smallest absolute Gasteiger partial charge is 0.269 e. The van der Waals surface area contributed by atoms with Crippen molar-refractivity contribution in [2.75, 3.05) is 39.6 Å². The van der Waals surface area contributed by atoms with Gasteiger partial charge in [-0.2, -0.15) is 0 Å². The third-order valence-corrected chi connectivity index (χ3v) is 7.37. The van der Waals surface area contributed by atoms with Crippen LogP contribution in [0.5, 0.6) is 34.5 Å². The average Bonchev–Trinajstić information content (AvgIpc) is 3.09. The molecule has 0 aliphatic heterocycles. The van der Waals surface area contributed by atoms with E-state index in [0.29, 0.717) is 74.1 Å². The summed E-state index contributed by atoms with van der Waals surface area (Å²) in [4.78, 5) is 26.9. The molecule has 0 aromatic heterocycles. The summed E-state index contributed by atoms with van der Waals surface area (Å²) in [6.07, 6.45) is 10.9. The summed E-state index contributed by atoms with van der Waals surface area (Å²) < 4.78 is 36.5. The molecule has 0 spiro atoms. The van der Waals surface area contributed by atoms with E-state index in [4.69, 9.17) is 28.4 Å². The van der Waals surface area contributed by atoms with Crippen LogP contribution >= 0.6 is 0 Å². The summed E-state index contributed by atoms with van der Waals surface area (Å²) in [6, 6.07) is 6.53. The van der Waals surface area contributed by atoms with Crippen LogP contribution in [0.15, 0.2) is 24.3 Å². The van der Waals surface area contributed by atoms with E-state index in [2.05, 4.69) is 52.4 Å². The van der Waals surface area contributed by atoms with Gasteiger partial charge in [-0.15, -0.1) is 0 Å². The fraction of sp³-hybridized carbons (Fsp3) is 0.632. The van der Waals surface area contributed by atoms with Crippen molar-refractivity contribution >= 4 is 11.8 Å². The van der Waals surface area contributed by atoms with E-state index in [1.165, 1.54) is 0 Å². The summed E-state index contributed by atoms with van der Waals surface area (Å²) in [6.45, 7) is 15.4. The summed E-state index contributed by atoms with van der Waals surface area (Å²) in [7, 11) is 0. The van der Waals surface area contributed by atoms with Crippen LogP contribution < -0.4 is 39.3 Å². The topological polar surface area (TPSA) is 114 Å². The van der Waals surface area contributed by atoms with Crippen molar-refractivity contribution in [3.63, 3.8) is 0 Å². The first kappa shape index (κ1) is 40.4. The van der Waals surface area contributed by atoms with Gasteiger partial charge < -0.3 is 28.4 Å². The quantitative estimate of drug-likeness (QED) is 0.0753. The number of hydrazine groups is 1. The molecule has 10 nitrogen and oxygen atoms in total. The maximum atomic E-state index is 13.5. The molecule has 0 aliphatic rings. The van der Waals surface area contributed by atoms with Crippen LogP contribution in [0, 0.1) is 0 Å². The molecule has 0 radical (unpaired) electrons. The molecular weight excluding hydrogens is 612 g/mol. The Kier molecular flexibility index (Phi) is 20.5. The Morgan fingerprint density at radius 3 is 0.875 bits per heavy atom. The second kappa shape index (κ2) is 24.3. The number of carbonyl (C=O) groups excluding carboxylic acids is 2. The normalized spacial score (nSPS) is 10.7. The molecule has 0 aliphatic carbocycles. The minimum atomic E-state index is -0.525. The number of hydrogen-bond donors (Lipinski definition) is 2. The molecule has 0 saturated heterocycles. The minimum Gasteiger partial charge on any atom is -0.490 e. The lowest BCUT2D eigenvalue weighted by atomic mass is 10.1. The van der Waals surface area contributed by atoms with Crippen molar-refractivity contribution in [1.29, 1.82) is 0 Å². The third kappa shape index (κ3) is 14.1. The van der Waals surface area contributed by atoms with Crippen LogP contribution in [0.3, 0.4) is 0 Å². The van der Waals surface area contributed by atoms with Gasteiger partial charge >= 0.3 is 0 Å². The van der Waals surface area contributed by atoms with Crippen LogP contribution in [0.4, 0.5) is 0 Å². The Labute approximate surface area is 288 Å². The van der Waals surface area contributed by atoms with Crippen molar-refractivity contribution in [2.45, 2.75) is 119 Å². The van der Waals surface area contributed by atoms with Crippen molar-refractivity contribution in [2.24, 2.45) is 0 Å². The average molecular weight is 673 g/mol. The van der Waals surface area contributed by atoms with Gasteiger partial charge in [0.15, 0.2) is 23.0 Å². The Morgan fingerprint density at radius 1 is 0.417 bits per heavy atom. The van der Waals surface area contributed by atoms with Gasteiger partial charge in [-0.05, 0) is 62.8 Å². The van der Waals surface area contributed by atoms with Crippen LogP contribution in [-0.4, -0.2) is 51.5 Å². The predicted octanol–water partition coefficient (Wildman–Crippen LogP) is 8.83. The summed E-state index contributed by atoms with van der Waals surface area (Å²) in [5.41, 5.74) is 5.64. The summed E-state index contributed by atoms with van der Waals surface area (Å²) >= 11 is 0. The molecule has 0 unspecified atom stereocenters. The molecule has 2 rings (SSSR count). The molecule has 0 heterocycles. The lowest BCUT2D eigenvalue weighted by Crippen LogP contribution is -2.41. The molecule has 0 bridgehead atoms. The van der Waals surface area contributed by atoms with Crippen LogP contribution in [0.1, 0.15) is 139 Å². The third-order valence-electron chi connectivity index (χ3n) is 7.37. The second-order valence-electron chi connectivity index (χ2n) is 11.7.